The summed E-state index contributed by atoms with van der Waals surface area (Å²) in [6.45, 7) is 7.80. The van der Waals surface area contributed by atoms with Crippen molar-refractivity contribution in [2.45, 2.75) is 62.6 Å². The first-order valence-electron chi connectivity index (χ1n) is 7.19. The van der Waals surface area contributed by atoms with Crippen LogP contribution in [0.4, 0.5) is 0 Å². The average Bonchev–Trinajstić information content (AvgIpc) is 2.67. The first kappa shape index (κ1) is 13.7. The molecule has 0 radical (unpaired) electrons. The van der Waals surface area contributed by atoms with Gasteiger partial charge in [-0.3, -0.25) is 4.90 Å². The highest BCUT2D eigenvalue weighted by Crippen LogP contribution is 2.29. The van der Waals surface area contributed by atoms with Gasteiger partial charge in [0, 0.05) is 30.1 Å². The van der Waals surface area contributed by atoms with E-state index >= 15 is 0 Å². The van der Waals surface area contributed by atoms with Crippen molar-refractivity contribution >= 4 is 11.8 Å². The van der Waals surface area contributed by atoms with E-state index in [1.807, 2.05) is 0 Å². The summed E-state index contributed by atoms with van der Waals surface area (Å²) in [5.74, 6) is 0.805. The monoisotopic (exact) mass is 257 g/mol. The summed E-state index contributed by atoms with van der Waals surface area (Å²) in [5.41, 5.74) is 0. The highest BCUT2D eigenvalue weighted by Gasteiger charge is 2.25. The van der Waals surface area contributed by atoms with Crippen molar-refractivity contribution in [3.05, 3.63) is 0 Å². The molecule has 0 amide bonds. The third kappa shape index (κ3) is 4.46. The van der Waals surface area contributed by atoms with Gasteiger partial charge in [0.1, 0.15) is 0 Å². The van der Waals surface area contributed by atoms with Crippen LogP contribution in [-0.2, 0) is 0 Å². The topological polar surface area (TPSA) is 23.5 Å². The van der Waals surface area contributed by atoms with Gasteiger partial charge in [0.05, 0.1) is 6.10 Å². The molecule has 0 spiro atoms. The molecule has 0 aromatic rings. The van der Waals surface area contributed by atoms with Crippen LogP contribution < -0.4 is 0 Å². The number of hydrogen-bond donors (Lipinski definition) is 1. The van der Waals surface area contributed by atoms with Gasteiger partial charge in [0.15, 0.2) is 0 Å². The van der Waals surface area contributed by atoms with E-state index < -0.39 is 0 Å². The van der Waals surface area contributed by atoms with Crippen molar-refractivity contribution < 1.29 is 5.11 Å². The molecular formula is C14H27NOS. The smallest absolute Gasteiger partial charge is 0.0669 e. The molecular weight excluding hydrogens is 230 g/mol. The SMILES string of the molecule is CC1CN(CC(O)CC2CCCC2)CC(C)S1. The molecule has 100 valence electrons. The van der Waals surface area contributed by atoms with E-state index in [-0.39, 0.29) is 6.10 Å². The summed E-state index contributed by atoms with van der Waals surface area (Å²) >= 11 is 2.08. The largest absolute Gasteiger partial charge is 0.392 e. The fourth-order valence-electron chi connectivity index (χ4n) is 3.44. The van der Waals surface area contributed by atoms with Crippen molar-refractivity contribution in [2.75, 3.05) is 19.6 Å². The molecule has 0 aromatic carbocycles. The number of hydrogen-bond acceptors (Lipinski definition) is 3. The molecule has 1 saturated carbocycles. The Hall–Kier alpha value is 0.270. The maximum atomic E-state index is 10.2. The van der Waals surface area contributed by atoms with E-state index in [0.717, 1.165) is 42.5 Å². The molecule has 0 aromatic heterocycles. The molecule has 17 heavy (non-hydrogen) atoms. The number of aliphatic hydroxyl groups excluding tert-OH is 1. The van der Waals surface area contributed by atoms with E-state index in [4.69, 9.17) is 0 Å². The number of nitrogens with zero attached hydrogens (tertiary/aromatic N) is 1. The lowest BCUT2D eigenvalue weighted by Gasteiger charge is -2.36. The van der Waals surface area contributed by atoms with Gasteiger partial charge >= 0.3 is 0 Å². The Labute approximate surface area is 110 Å². The molecule has 3 atom stereocenters. The van der Waals surface area contributed by atoms with Crippen molar-refractivity contribution in [2.24, 2.45) is 5.92 Å². The van der Waals surface area contributed by atoms with E-state index in [1.54, 1.807) is 0 Å². The summed E-state index contributed by atoms with van der Waals surface area (Å²) in [6, 6.07) is 0. The van der Waals surface area contributed by atoms with Gasteiger partial charge < -0.3 is 5.11 Å². The van der Waals surface area contributed by atoms with E-state index in [9.17, 15) is 5.11 Å². The molecule has 1 heterocycles. The summed E-state index contributed by atoms with van der Waals surface area (Å²) in [6.07, 6.45) is 6.39. The predicted octanol–water partition coefficient (Wildman–Crippen LogP) is 2.75. The Morgan fingerprint density at radius 3 is 2.35 bits per heavy atom. The minimum absolute atomic E-state index is 0.0967. The first-order valence-corrected chi connectivity index (χ1v) is 8.13. The molecule has 1 aliphatic heterocycles. The maximum Gasteiger partial charge on any atom is 0.0669 e. The Morgan fingerprint density at radius 1 is 1.18 bits per heavy atom. The lowest BCUT2D eigenvalue weighted by molar-refractivity contribution is 0.0905. The Kier molecular flexibility index (Phi) is 5.19. The fraction of sp³-hybridized carbons (Fsp3) is 1.00. The van der Waals surface area contributed by atoms with Gasteiger partial charge in [0.25, 0.3) is 0 Å². The molecule has 0 bridgehead atoms. The lowest BCUT2D eigenvalue weighted by atomic mass is 10.00. The second kappa shape index (κ2) is 6.44. The normalized spacial score (nSPS) is 34.1. The van der Waals surface area contributed by atoms with E-state index in [1.165, 1.54) is 25.7 Å². The maximum absolute atomic E-state index is 10.2. The molecule has 2 rings (SSSR count). The highest BCUT2D eigenvalue weighted by atomic mass is 32.2. The van der Waals surface area contributed by atoms with Crippen molar-refractivity contribution in [3.8, 4) is 0 Å². The summed E-state index contributed by atoms with van der Waals surface area (Å²) in [4.78, 5) is 2.46. The fourth-order valence-corrected chi connectivity index (χ4v) is 4.82. The predicted molar refractivity (Wildman–Crippen MR) is 75.5 cm³/mol. The molecule has 1 aliphatic carbocycles. The van der Waals surface area contributed by atoms with Gasteiger partial charge in [-0.1, -0.05) is 39.5 Å². The van der Waals surface area contributed by atoms with Gasteiger partial charge in [-0.2, -0.15) is 11.8 Å². The molecule has 3 unspecified atom stereocenters. The third-order valence-corrected chi connectivity index (χ3v) is 5.27. The van der Waals surface area contributed by atoms with Gasteiger partial charge in [-0.25, -0.2) is 0 Å². The first-order chi connectivity index (χ1) is 8.13. The lowest BCUT2D eigenvalue weighted by Crippen LogP contribution is -2.44. The zero-order valence-corrected chi connectivity index (χ0v) is 12.1. The Bertz CT molecular complexity index is 220. The van der Waals surface area contributed by atoms with Crippen LogP contribution in [0.3, 0.4) is 0 Å². The van der Waals surface area contributed by atoms with Crippen LogP contribution in [0.1, 0.15) is 46.0 Å². The molecule has 3 heteroatoms. The summed E-state index contributed by atoms with van der Waals surface area (Å²) < 4.78 is 0. The van der Waals surface area contributed by atoms with E-state index in [0.29, 0.717) is 0 Å². The van der Waals surface area contributed by atoms with Crippen LogP contribution in [0, 0.1) is 5.92 Å². The Balaban J connectivity index is 1.71. The number of β-amino-alcohol motifs (C(OH)–C–C–N with tert-alkyl or cyclic N) is 1. The van der Waals surface area contributed by atoms with Gasteiger partial charge in [-0.05, 0) is 12.3 Å². The van der Waals surface area contributed by atoms with Crippen LogP contribution in [-0.4, -0.2) is 46.2 Å². The standard InChI is InChI=1S/C14H27NOS/c1-11-8-15(9-12(2)17-11)10-14(16)7-13-5-3-4-6-13/h11-14,16H,3-10H2,1-2H3. The van der Waals surface area contributed by atoms with Gasteiger partial charge in [-0.15, -0.1) is 0 Å². The highest BCUT2D eigenvalue weighted by molar-refractivity contribution is 8.00. The van der Waals surface area contributed by atoms with Crippen molar-refractivity contribution in [1.82, 2.24) is 4.90 Å². The zero-order chi connectivity index (χ0) is 12.3. The second-order valence-electron chi connectivity index (χ2n) is 6.02. The van der Waals surface area contributed by atoms with Gasteiger partial charge in [0.2, 0.25) is 0 Å². The van der Waals surface area contributed by atoms with Crippen molar-refractivity contribution in [3.63, 3.8) is 0 Å². The number of rotatable bonds is 4. The van der Waals surface area contributed by atoms with Crippen LogP contribution >= 0.6 is 11.8 Å². The summed E-state index contributed by atoms with van der Waals surface area (Å²) in [5, 5.41) is 11.6. The minimum atomic E-state index is -0.0967. The van der Waals surface area contributed by atoms with Crippen molar-refractivity contribution in [1.29, 1.82) is 0 Å². The quantitative estimate of drug-likeness (QED) is 0.838. The van der Waals surface area contributed by atoms with Crippen LogP contribution in [0.5, 0.6) is 0 Å². The average molecular weight is 257 g/mol. The summed E-state index contributed by atoms with van der Waals surface area (Å²) in [7, 11) is 0. The van der Waals surface area contributed by atoms with Crippen LogP contribution in [0.2, 0.25) is 0 Å². The molecule has 1 saturated heterocycles. The van der Waals surface area contributed by atoms with E-state index in [2.05, 4.69) is 30.5 Å². The molecule has 2 fully saturated rings. The third-order valence-electron chi connectivity index (χ3n) is 4.04. The second-order valence-corrected chi connectivity index (χ2v) is 7.90. The Morgan fingerprint density at radius 2 is 1.76 bits per heavy atom. The zero-order valence-electron chi connectivity index (χ0n) is 11.3. The minimum Gasteiger partial charge on any atom is -0.392 e. The number of aliphatic hydroxyl groups is 1. The molecule has 2 aliphatic rings. The molecule has 1 N–H and O–H groups in total. The van der Waals surface area contributed by atoms with Crippen LogP contribution in [0.15, 0.2) is 0 Å². The number of thioether (sulfide) groups is 1. The van der Waals surface area contributed by atoms with Crippen LogP contribution in [0.25, 0.3) is 0 Å². The molecule has 2 nitrogen and oxygen atoms in total.